The van der Waals surface area contributed by atoms with Gasteiger partial charge in [0.2, 0.25) is 11.9 Å². The van der Waals surface area contributed by atoms with Gasteiger partial charge < -0.3 is 16.0 Å². The van der Waals surface area contributed by atoms with Crippen LogP contribution in [0.3, 0.4) is 0 Å². The maximum atomic E-state index is 11.0. The molecule has 1 heterocycles. The van der Waals surface area contributed by atoms with Gasteiger partial charge in [-0.1, -0.05) is 13.8 Å². The summed E-state index contributed by atoms with van der Waals surface area (Å²) in [6.07, 6.45) is 1.59. The summed E-state index contributed by atoms with van der Waals surface area (Å²) in [6.45, 7) is 6.54. The van der Waals surface area contributed by atoms with Crippen LogP contribution in [-0.4, -0.2) is 27.6 Å². The number of nitrogens with zero attached hydrogens (tertiary/aromatic N) is 3. The van der Waals surface area contributed by atoms with E-state index < -0.39 is 0 Å². The minimum atomic E-state index is -0.0998. The van der Waals surface area contributed by atoms with Crippen molar-refractivity contribution in [2.75, 3.05) is 22.5 Å². The molecular weight excluding hydrogens is 280 g/mol. The molecule has 1 aromatic heterocycles. The minimum absolute atomic E-state index is 0.0998. The van der Waals surface area contributed by atoms with Crippen LogP contribution in [0.4, 0.5) is 23.1 Å². The summed E-state index contributed by atoms with van der Waals surface area (Å²) < 4.78 is 0. The summed E-state index contributed by atoms with van der Waals surface area (Å²) in [4.78, 5) is 15.3. The average molecular weight is 300 g/mol. The van der Waals surface area contributed by atoms with Crippen LogP contribution in [0.15, 0.2) is 30.5 Å². The smallest absolute Gasteiger partial charge is 0.249 e. The Balaban J connectivity index is 2.00. The zero-order valence-corrected chi connectivity index (χ0v) is 12.9. The summed E-state index contributed by atoms with van der Waals surface area (Å²) in [6, 6.07) is 7.28. The molecule has 0 saturated heterocycles. The second-order valence-electron chi connectivity index (χ2n) is 5.32. The highest BCUT2D eigenvalue weighted by atomic mass is 16.1. The summed E-state index contributed by atoms with van der Waals surface area (Å²) in [5.41, 5.74) is 1.56. The van der Waals surface area contributed by atoms with Crippen LogP contribution >= 0.6 is 0 Å². The van der Waals surface area contributed by atoms with Gasteiger partial charge in [0.05, 0.1) is 6.20 Å². The molecule has 0 spiro atoms. The lowest BCUT2D eigenvalue weighted by Crippen LogP contribution is -2.11. The number of anilines is 4. The molecule has 116 valence electrons. The molecule has 0 aliphatic carbocycles. The molecule has 0 unspecified atom stereocenters. The lowest BCUT2D eigenvalue weighted by molar-refractivity contribution is -0.114. The number of nitrogens with one attached hydrogen (secondary N) is 3. The highest BCUT2D eigenvalue weighted by Gasteiger charge is 2.03. The number of rotatable bonds is 6. The number of carbonyl (C=O) groups is 1. The van der Waals surface area contributed by atoms with E-state index in [-0.39, 0.29) is 5.91 Å². The SMILES string of the molecule is CC(=O)Nc1ccc(Nc2nncc(NCC(C)C)n2)cc1. The van der Waals surface area contributed by atoms with E-state index in [0.717, 1.165) is 17.9 Å². The summed E-state index contributed by atoms with van der Waals surface area (Å²) in [5, 5.41) is 16.9. The maximum absolute atomic E-state index is 11.0. The monoisotopic (exact) mass is 300 g/mol. The molecule has 3 N–H and O–H groups in total. The Bertz CT molecular complexity index is 626. The number of benzene rings is 1. The predicted octanol–water partition coefficient (Wildman–Crippen LogP) is 2.64. The Kier molecular flexibility index (Phi) is 5.24. The van der Waals surface area contributed by atoms with Crippen molar-refractivity contribution in [3.8, 4) is 0 Å². The first kappa shape index (κ1) is 15.7. The van der Waals surface area contributed by atoms with Crippen LogP contribution in [-0.2, 0) is 4.79 Å². The van der Waals surface area contributed by atoms with Crippen molar-refractivity contribution in [3.63, 3.8) is 0 Å². The van der Waals surface area contributed by atoms with Crippen molar-refractivity contribution in [1.29, 1.82) is 0 Å². The van der Waals surface area contributed by atoms with Crippen LogP contribution < -0.4 is 16.0 Å². The van der Waals surface area contributed by atoms with Crippen molar-refractivity contribution >= 4 is 29.0 Å². The van der Waals surface area contributed by atoms with E-state index in [2.05, 4.69) is 45.0 Å². The number of carbonyl (C=O) groups excluding carboxylic acids is 1. The molecule has 0 radical (unpaired) electrons. The van der Waals surface area contributed by atoms with E-state index in [1.54, 1.807) is 18.3 Å². The molecular formula is C15H20N6O. The van der Waals surface area contributed by atoms with Crippen molar-refractivity contribution < 1.29 is 4.79 Å². The topological polar surface area (TPSA) is 91.8 Å². The fourth-order valence-corrected chi connectivity index (χ4v) is 1.72. The number of hydrogen-bond acceptors (Lipinski definition) is 6. The summed E-state index contributed by atoms with van der Waals surface area (Å²) >= 11 is 0. The van der Waals surface area contributed by atoms with Gasteiger partial charge >= 0.3 is 0 Å². The molecule has 0 bridgehead atoms. The van der Waals surface area contributed by atoms with Gasteiger partial charge in [-0.2, -0.15) is 10.1 Å². The van der Waals surface area contributed by atoms with E-state index in [1.807, 2.05) is 12.1 Å². The highest BCUT2D eigenvalue weighted by molar-refractivity contribution is 5.88. The molecule has 1 aromatic carbocycles. The lowest BCUT2D eigenvalue weighted by Gasteiger charge is -2.09. The van der Waals surface area contributed by atoms with Crippen molar-refractivity contribution in [1.82, 2.24) is 15.2 Å². The first-order valence-corrected chi connectivity index (χ1v) is 7.11. The Hall–Kier alpha value is -2.70. The van der Waals surface area contributed by atoms with Crippen LogP contribution in [0, 0.1) is 5.92 Å². The molecule has 0 atom stereocenters. The van der Waals surface area contributed by atoms with E-state index in [0.29, 0.717) is 17.7 Å². The molecule has 1 amide bonds. The van der Waals surface area contributed by atoms with E-state index in [1.165, 1.54) is 6.92 Å². The van der Waals surface area contributed by atoms with Crippen LogP contribution in [0.2, 0.25) is 0 Å². The van der Waals surface area contributed by atoms with Gasteiger partial charge in [-0.25, -0.2) is 0 Å². The maximum Gasteiger partial charge on any atom is 0.249 e. The summed E-state index contributed by atoms with van der Waals surface area (Å²) in [5.74, 6) is 1.52. The molecule has 0 aliphatic heterocycles. The zero-order chi connectivity index (χ0) is 15.9. The molecule has 2 aromatic rings. The molecule has 7 heteroatoms. The van der Waals surface area contributed by atoms with Gasteiger partial charge in [0.1, 0.15) is 0 Å². The first-order chi connectivity index (χ1) is 10.5. The molecule has 0 fully saturated rings. The van der Waals surface area contributed by atoms with E-state index >= 15 is 0 Å². The Morgan fingerprint density at radius 2 is 1.86 bits per heavy atom. The van der Waals surface area contributed by atoms with Gasteiger partial charge in [-0.15, -0.1) is 5.10 Å². The minimum Gasteiger partial charge on any atom is -0.368 e. The lowest BCUT2D eigenvalue weighted by atomic mass is 10.2. The predicted molar refractivity (Wildman–Crippen MR) is 87.2 cm³/mol. The van der Waals surface area contributed by atoms with Gasteiger partial charge in [-0.05, 0) is 30.2 Å². The van der Waals surface area contributed by atoms with Crippen LogP contribution in [0.5, 0.6) is 0 Å². The van der Waals surface area contributed by atoms with E-state index in [9.17, 15) is 4.79 Å². The molecule has 22 heavy (non-hydrogen) atoms. The van der Waals surface area contributed by atoms with Crippen molar-refractivity contribution in [3.05, 3.63) is 30.5 Å². The largest absolute Gasteiger partial charge is 0.368 e. The third-order valence-corrected chi connectivity index (χ3v) is 2.71. The average Bonchev–Trinajstić information content (AvgIpc) is 2.47. The number of hydrogen-bond donors (Lipinski definition) is 3. The van der Waals surface area contributed by atoms with Crippen LogP contribution in [0.25, 0.3) is 0 Å². The standard InChI is InChI=1S/C15H20N6O/c1-10(2)8-16-14-9-17-21-15(20-14)19-13-6-4-12(5-7-13)18-11(3)22/h4-7,9-10H,8H2,1-3H3,(H,18,22)(H2,16,19,20,21). The second-order valence-corrected chi connectivity index (χ2v) is 5.32. The Labute approximate surface area is 129 Å². The highest BCUT2D eigenvalue weighted by Crippen LogP contribution is 2.17. The van der Waals surface area contributed by atoms with Crippen LogP contribution in [0.1, 0.15) is 20.8 Å². The van der Waals surface area contributed by atoms with Crippen molar-refractivity contribution in [2.24, 2.45) is 5.92 Å². The van der Waals surface area contributed by atoms with Crippen molar-refractivity contribution in [2.45, 2.75) is 20.8 Å². The quantitative estimate of drug-likeness (QED) is 0.759. The first-order valence-electron chi connectivity index (χ1n) is 7.11. The molecule has 2 rings (SSSR count). The zero-order valence-electron chi connectivity index (χ0n) is 12.9. The van der Waals surface area contributed by atoms with Gasteiger partial charge in [0, 0.05) is 24.8 Å². The van der Waals surface area contributed by atoms with Gasteiger partial charge in [-0.3, -0.25) is 4.79 Å². The Morgan fingerprint density at radius 1 is 1.18 bits per heavy atom. The normalized spacial score (nSPS) is 10.4. The third-order valence-electron chi connectivity index (χ3n) is 2.71. The molecule has 7 nitrogen and oxygen atoms in total. The van der Waals surface area contributed by atoms with E-state index in [4.69, 9.17) is 0 Å². The Morgan fingerprint density at radius 3 is 2.50 bits per heavy atom. The molecule has 0 aliphatic rings. The second kappa shape index (κ2) is 7.35. The van der Waals surface area contributed by atoms with Gasteiger partial charge in [0.25, 0.3) is 0 Å². The summed E-state index contributed by atoms with van der Waals surface area (Å²) in [7, 11) is 0. The number of amides is 1. The fraction of sp³-hybridized carbons (Fsp3) is 0.333. The number of aromatic nitrogens is 3. The van der Waals surface area contributed by atoms with Gasteiger partial charge in [0.15, 0.2) is 5.82 Å². The third kappa shape index (κ3) is 5.01. The fourth-order valence-electron chi connectivity index (χ4n) is 1.72. The molecule has 0 saturated carbocycles.